The van der Waals surface area contributed by atoms with E-state index in [9.17, 15) is 0 Å². The average Bonchev–Trinajstić information content (AvgIpc) is 2.89. The van der Waals surface area contributed by atoms with Gasteiger partial charge in [0.25, 0.3) is 0 Å². The largest absolute Gasteiger partial charge is 0.344 e. The van der Waals surface area contributed by atoms with Crippen molar-refractivity contribution in [2.75, 3.05) is 19.6 Å². The van der Waals surface area contributed by atoms with Crippen LogP contribution in [0.1, 0.15) is 47.1 Å². The van der Waals surface area contributed by atoms with Gasteiger partial charge in [0.05, 0.1) is 0 Å². The van der Waals surface area contributed by atoms with Crippen molar-refractivity contribution in [2.45, 2.75) is 44.6 Å². The van der Waals surface area contributed by atoms with E-state index in [0.29, 0.717) is 17.0 Å². The van der Waals surface area contributed by atoms with Crippen molar-refractivity contribution in [1.29, 1.82) is 0 Å². The van der Waals surface area contributed by atoms with E-state index in [1.54, 1.807) is 11.3 Å². The molecular formula is C24H26ClN3. The molecule has 4 bridgehead atoms. The van der Waals surface area contributed by atoms with Crippen molar-refractivity contribution in [3.8, 4) is 0 Å². The van der Waals surface area contributed by atoms with Crippen molar-refractivity contribution in [3.05, 3.63) is 64.1 Å². The Morgan fingerprint density at radius 3 is 2.75 bits per heavy atom. The lowest BCUT2D eigenvalue weighted by Crippen LogP contribution is -2.44. The molecule has 0 saturated carbocycles. The zero-order valence-corrected chi connectivity index (χ0v) is 17.1. The third-order valence-corrected chi connectivity index (χ3v) is 7.44. The summed E-state index contributed by atoms with van der Waals surface area (Å²) in [6, 6.07) is 11.1. The van der Waals surface area contributed by atoms with Crippen molar-refractivity contribution >= 4 is 22.5 Å². The molecule has 5 heterocycles. The van der Waals surface area contributed by atoms with Gasteiger partial charge in [-0.2, -0.15) is 0 Å². The summed E-state index contributed by atoms with van der Waals surface area (Å²) in [7, 11) is 0. The molecule has 28 heavy (non-hydrogen) atoms. The monoisotopic (exact) mass is 391 g/mol. The molecule has 3 aromatic rings. The van der Waals surface area contributed by atoms with Gasteiger partial charge < -0.3 is 9.47 Å². The summed E-state index contributed by atoms with van der Waals surface area (Å²) >= 11 is 5.97. The Balaban J connectivity index is 1.48. The van der Waals surface area contributed by atoms with Crippen molar-refractivity contribution in [3.63, 3.8) is 0 Å². The molecule has 144 valence electrons. The standard InChI is InChI=1S/C24H26ClN3/c1-15-2-4-21-20(8-15)23-18-9-17-10-19(14-27(12-17)13-18)24(23)28(21)7-6-16-3-5-22(25)26-11-16/h2-5,8,11,17-19H,6-7,9-10,12-14H2,1H3/t17?,18-,19-/m1/s1. The fourth-order valence-electron chi connectivity index (χ4n) is 6.24. The first kappa shape index (κ1) is 17.1. The Hall–Kier alpha value is -1.84. The van der Waals surface area contributed by atoms with Crippen molar-refractivity contribution in [1.82, 2.24) is 14.5 Å². The van der Waals surface area contributed by atoms with E-state index in [-0.39, 0.29) is 0 Å². The summed E-state index contributed by atoms with van der Waals surface area (Å²) < 4.78 is 2.66. The zero-order chi connectivity index (χ0) is 18.8. The lowest BCUT2D eigenvalue weighted by Gasteiger charge is -2.41. The number of hydrogen-bond acceptors (Lipinski definition) is 2. The number of rotatable bonds is 3. The topological polar surface area (TPSA) is 21.1 Å². The maximum absolute atomic E-state index is 5.97. The quantitative estimate of drug-likeness (QED) is 0.576. The lowest BCUT2D eigenvalue weighted by atomic mass is 9.82. The van der Waals surface area contributed by atoms with Crippen LogP contribution in [0.25, 0.3) is 10.9 Å². The van der Waals surface area contributed by atoms with Gasteiger partial charge in [-0.1, -0.05) is 29.3 Å². The SMILES string of the molecule is Cc1ccc2c(c1)c1c(n2CCc2ccc(Cl)nc2)[C@@H]2CC3C[C@@H]1CN(C3)C2. The smallest absolute Gasteiger partial charge is 0.129 e. The first-order valence-corrected chi connectivity index (χ1v) is 11.0. The number of benzene rings is 1. The third-order valence-electron chi connectivity index (χ3n) is 7.22. The molecule has 4 aliphatic rings. The fourth-order valence-corrected chi connectivity index (χ4v) is 6.35. The summed E-state index contributed by atoms with van der Waals surface area (Å²) in [6.07, 6.45) is 5.68. The second kappa shape index (κ2) is 6.33. The lowest BCUT2D eigenvalue weighted by molar-refractivity contribution is 0.103. The minimum atomic E-state index is 0.571. The van der Waals surface area contributed by atoms with Gasteiger partial charge in [-0.05, 0) is 67.3 Å². The second-order valence-corrected chi connectivity index (χ2v) is 9.55. The van der Waals surface area contributed by atoms with Crippen LogP contribution in [0.4, 0.5) is 0 Å². The molecule has 4 heteroatoms. The Morgan fingerprint density at radius 2 is 1.93 bits per heavy atom. The van der Waals surface area contributed by atoms with Gasteiger partial charge in [0, 0.05) is 54.9 Å². The van der Waals surface area contributed by atoms with Gasteiger partial charge in [-0.15, -0.1) is 0 Å². The fraction of sp³-hybridized carbons (Fsp3) is 0.458. The number of fused-ring (bicyclic) bond motifs is 1. The zero-order valence-electron chi connectivity index (χ0n) is 16.4. The predicted molar refractivity (Wildman–Crippen MR) is 114 cm³/mol. The van der Waals surface area contributed by atoms with Crippen LogP contribution in [0, 0.1) is 12.8 Å². The molecule has 7 rings (SSSR count). The Bertz CT molecular complexity index is 1040. The van der Waals surface area contributed by atoms with Crippen LogP contribution < -0.4 is 0 Å². The molecule has 1 aromatic carbocycles. The predicted octanol–water partition coefficient (Wildman–Crippen LogP) is 5.15. The van der Waals surface area contributed by atoms with Crippen molar-refractivity contribution in [2.24, 2.45) is 5.92 Å². The van der Waals surface area contributed by atoms with Crippen LogP contribution in [0.2, 0.25) is 5.15 Å². The number of piperidine rings is 2. The molecule has 0 N–H and O–H groups in total. The van der Waals surface area contributed by atoms with E-state index in [4.69, 9.17) is 11.6 Å². The molecule has 0 spiro atoms. The Labute approximate surface area is 171 Å². The molecule has 1 aliphatic carbocycles. The molecule has 2 aromatic heterocycles. The highest BCUT2D eigenvalue weighted by Gasteiger charge is 2.43. The summed E-state index contributed by atoms with van der Waals surface area (Å²) in [5, 5.41) is 2.09. The molecular weight excluding hydrogens is 366 g/mol. The summed E-state index contributed by atoms with van der Waals surface area (Å²) in [5.74, 6) is 2.29. The first-order valence-electron chi connectivity index (χ1n) is 10.6. The summed E-state index contributed by atoms with van der Waals surface area (Å²) in [6.45, 7) is 7.08. The second-order valence-electron chi connectivity index (χ2n) is 9.16. The molecule has 2 unspecified atom stereocenters. The summed E-state index contributed by atoms with van der Waals surface area (Å²) in [4.78, 5) is 7.01. The van der Waals surface area contributed by atoms with Gasteiger partial charge >= 0.3 is 0 Å². The van der Waals surface area contributed by atoms with Gasteiger partial charge in [0.2, 0.25) is 0 Å². The molecule has 4 atom stereocenters. The average molecular weight is 392 g/mol. The van der Waals surface area contributed by atoms with Crippen LogP contribution in [-0.4, -0.2) is 34.1 Å². The third kappa shape index (κ3) is 2.63. The first-order chi connectivity index (χ1) is 13.7. The number of pyridine rings is 1. The van der Waals surface area contributed by atoms with E-state index < -0.39 is 0 Å². The normalized spacial score (nSPS) is 27.9. The highest BCUT2D eigenvalue weighted by Crippen LogP contribution is 2.50. The van der Waals surface area contributed by atoms with Crippen LogP contribution in [0.15, 0.2) is 36.5 Å². The Morgan fingerprint density at radius 1 is 1.07 bits per heavy atom. The molecule has 3 aliphatic heterocycles. The van der Waals surface area contributed by atoms with E-state index in [2.05, 4.69) is 45.6 Å². The maximum Gasteiger partial charge on any atom is 0.129 e. The maximum atomic E-state index is 5.97. The van der Waals surface area contributed by atoms with Gasteiger partial charge in [-0.25, -0.2) is 4.98 Å². The van der Waals surface area contributed by atoms with Gasteiger partial charge in [0.15, 0.2) is 0 Å². The number of hydrogen-bond donors (Lipinski definition) is 0. The van der Waals surface area contributed by atoms with Crippen LogP contribution in [0.5, 0.6) is 0 Å². The van der Waals surface area contributed by atoms with Crippen LogP contribution in [0.3, 0.4) is 0 Å². The molecule has 3 nitrogen and oxygen atoms in total. The number of aromatic nitrogens is 2. The number of nitrogens with zero attached hydrogens (tertiary/aromatic N) is 3. The molecule has 2 fully saturated rings. The van der Waals surface area contributed by atoms with E-state index >= 15 is 0 Å². The molecule has 0 amide bonds. The van der Waals surface area contributed by atoms with E-state index in [1.807, 2.05) is 12.3 Å². The number of aryl methyl sites for hydroxylation is 3. The minimum Gasteiger partial charge on any atom is -0.344 e. The Kier molecular flexibility index (Phi) is 3.86. The molecule has 2 saturated heterocycles. The van der Waals surface area contributed by atoms with Gasteiger partial charge in [-0.3, -0.25) is 0 Å². The van der Waals surface area contributed by atoms with E-state index in [1.165, 1.54) is 54.5 Å². The van der Waals surface area contributed by atoms with Crippen LogP contribution >= 0.6 is 11.6 Å². The highest BCUT2D eigenvalue weighted by molar-refractivity contribution is 6.29. The molecule has 0 radical (unpaired) electrons. The number of halogens is 1. The highest BCUT2D eigenvalue weighted by atomic mass is 35.5. The minimum absolute atomic E-state index is 0.571. The van der Waals surface area contributed by atoms with Crippen molar-refractivity contribution < 1.29 is 0 Å². The van der Waals surface area contributed by atoms with Gasteiger partial charge in [0.1, 0.15) is 5.15 Å². The van der Waals surface area contributed by atoms with E-state index in [0.717, 1.165) is 18.9 Å². The van der Waals surface area contributed by atoms with Crippen LogP contribution in [-0.2, 0) is 13.0 Å². The summed E-state index contributed by atoms with van der Waals surface area (Å²) in [5.41, 5.74) is 7.40.